The Morgan fingerprint density at radius 1 is 1.24 bits per heavy atom. The molecule has 1 unspecified atom stereocenters. The predicted molar refractivity (Wildman–Crippen MR) is 77.4 cm³/mol. The second-order valence-electron chi connectivity index (χ2n) is 5.03. The topological polar surface area (TPSA) is 79.7 Å². The van der Waals surface area contributed by atoms with E-state index in [-0.39, 0.29) is 18.1 Å². The molecule has 0 bridgehead atoms. The summed E-state index contributed by atoms with van der Waals surface area (Å²) >= 11 is 0. The number of benzene rings is 1. The zero-order valence-electron chi connectivity index (χ0n) is 11.9. The number of rotatable bonds is 5. The quantitative estimate of drug-likeness (QED) is 0.882. The highest BCUT2D eigenvalue weighted by atomic mass is 16.5. The third-order valence-electron chi connectivity index (χ3n) is 3.10. The van der Waals surface area contributed by atoms with Crippen LogP contribution in [0.5, 0.6) is 5.75 Å². The van der Waals surface area contributed by atoms with Crippen molar-refractivity contribution in [2.75, 3.05) is 6.61 Å². The maximum Gasteiger partial charge on any atom is 0.358 e. The first-order chi connectivity index (χ1) is 9.90. The van der Waals surface area contributed by atoms with Gasteiger partial charge in [0, 0.05) is 5.69 Å². The number of aryl methyl sites for hydroxylation is 1. The van der Waals surface area contributed by atoms with E-state index in [2.05, 4.69) is 4.98 Å². The second-order valence-corrected chi connectivity index (χ2v) is 5.03. The van der Waals surface area contributed by atoms with Crippen molar-refractivity contribution in [2.45, 2.75) is 19.4 Å². The minimum Gasteiger partial charge on any atom is -0.488 e. The van der Waals surface area contributed by atoms with Gasteiger partial charge < -0.3 is 14.9 Å². The maximum atomic E-state index is 11.2. The van der Waals surface area contributed by atoms with Crippen LogP contribution in [-0.4, -0.2) is 27.8 Å². The molecule has 0 saturated heterocycles. The molecule has 0 fully saturated rings. The largest absolute Gasteiger partial charge is 0.488 e. The standard InChI is InChI=1S/C16H17NO4/c1-11-8-9-13(14(17-11)15(18)19)21-10-16(2,20)12-6-4-3-5-7-12/h3-9,20H,10H2,1-2H3,(H,18,19). The monoisotopic (exact) mass is 287 g/mol. The average molecular weight is 287 g/mol. The molecule has 0 aliphatic carbocycles. The number of aromatic nitrogens is 1. The Labute approximate surface area is 122 Å². The first-order valence-corrected chi connectivity index (χ1v) is 6.52. The van der Waals surface area contributed by atoms with Crippen molar-refractivity contribution in [3.8, 4) is 5.75 Å². The van der Waals surface area contributed by atoms with Crippen LogP contribution < -0.4 is 4.74 Å². The molecule has 0 saturated carbocycles. The van der Waals surface area contributed by atoms with Gasteiger partial charge in [0.15, 0.2) is 11.4 Å². The third kappa shape index (κ3) is 3.58. The van der Waals surface area contributed by atoms with E-state index >= 15 is 0 Å². The van der Waals surface area contributed by atoms with E-state index in [9.17, 15) is 9.90 Å². The molecule has 5 nitrogen and oxygen atoms in total. The molecular weight excluding hydrogens is 270 g/mol. The number of carboxylic acids is 1. The van der Waals surface area contributed by atoms with Crippen molar-refractivity contribution < 1.29 is 19.7 Å². The van der Waals surface area contributed by atoms with Crippen LogP contribution in [0.15, 0.2) is 42.5 Å². The van der Waals surface area contributed by atoms with Gasteiger partial charge in [-0.1, -0.05) is 30.3 Å². The zero-order valence-corrected chi connectivity index (χ0v) is 11.9. The molecule has 1 atom stereocenters. The summed E-state index contributed by atoms with van der Waals surface area (Å²) in [7, 11) is 0. The van der Waals surface area contributed by atoms with Crippen molar-refractivity contribution in [1.82, 2.24) is 4.98 Å². The molecule has 0 aliphatic heterocycles. The Hall–Kier alpha value is -2.40. The number of hydrogen-bond donors (Lipinski definition) is 2. The average Bonchev–Trinajstić information content (AvgIpc) is 2.47. The van der Waals surface area contributed by atoms with Crippen LogP contribution in [0.1, 0.15) is 28.7 Å². The van der Waals surface area contributed by atoms with Crippen molar-refractivity contribution >= 4 is 5.97 Å². The van der Waals surface area contributed by atoms with E-state index in [1.54, 1.807) is 38.1 Å². The van der Waals surface area contributed by atoms with Gasteiger partial charge in [-0.2, -0.15) is 0 Å². The van der Waals surface area contributed by atoms with Gasteiger partial charge in [0.05, 0.1) is 0 Å². The first kappa shape index (κ1) is 15.0. The number of pyridine rings is 1. The fourth-order valence-corrected chi connectivity index (χ4v) is 1.91. The van der Waals surface area contributed by atoms with Gasteiger partial charge in [0.25, 0.3) is 0 Å². The summed E-state index contributed by atoms with van der Waals surface area (Å²) in [5.74, 6) is -1.02. The number of carboxylic acid groups (broad SMARTS) is 1. The molecule has 1 heterocycles. The number of hydrogen-bond acceptors (Lipinski definition) is 4. The van der Waals surface area contributed by atoms with Gasteiger partial charge in [-0.15, -0.1) is 0 Å². The smallest absolute Gasteiger partial charge is 0.358 e. The Morgan fingerprint density at radius 3 is 2.52 bits per heavy atom. The summed E-state index contributed by atoms with van der Waals surface area (Å²) in [6.45, 7) is 3.25. The predicted octanol–water partition coefficient (Wildman–Crippen LogP) is 2.37. The normalized spacial score (nSPS) is 13.5. The van der Waals surface area contributed by atoms with Gasteiger partial charge in [0.2, 0.25) is 0 Å². The highest BCUT2D eigenvalue weighted by molar-refractivity contribution is 5.88. The molecule has 110 valence electrons. The van der Waals surface area contributed by atoms with E-state index in [1.807, 2.05) is 18.2 Å². The number of ether oxygens (including phenoxy) is 1. The van der Waals surface area contributed by atoms with Crippen LogP contribution in [0.4, 0.5) is 0 Å². The van der Waals surface area contributed by atoms with Crippen LogP contribution in [0.2, 0.25) is 0 Å². The molecule has 0 spiro atoms. The van der Waals surface area contributed by atoms with E-state index < -0.39 is 11.6 Å². The maximum absolute atomic E-state index is 11.2. The molecule has 0 aliphatic rings. The lowest BCUT2D eigenvalue weighted by molar-refractivity contribution is 0.00684. The van der Waals surface area contributed by atoms with Crippen LogP contribution in [-0.2, 0) is 5.60 Å². The molecule has 0 amide bonds. The van der Waals surface area contributed by atoms with Gasteiger partial charge >= 0.3 is 5.97 Å². The fraction of sp³-hybridized carbons (Fsp3) is 0.250. The molecule has 2 aromatic rings. The summed E-state index contributed by atoms with van der Waals surface area (Å²) in [6, 6.07) is 12.3. The van der Waals surface area contributed by atoms with Gasteiger partial charge in [0.1, 0.15) is 12.2 Å². The first-order valence-electron chi connectivity index (χ1n) is 6.52. The number of nitrogens with zero attached hydrogens (tertiary/aromatic N) is 1. The Balaban J connectivity index is 2.18. The van der Waals surface area contributed by atoms with Gasteiger partial charge in [-0.05, 0) is 31.5 Å². The van der Waals surface area contributed by atoms with E-state index in [1.165, 1.54) is 0 Å². The Morgan fingerprint density at radius 2 is 1.90 bits per heavy atom. The molecule has 5 heteroatoms. The summed E-state index contributed by atoms with van der Waals surface area (Å²) in [6.07, 6.45) is 0. The van der Waals surface area contributed by atoms with Crippen molar-refractivity contribution in [3.63, 3.8) is 0 Å². The lowest BCUT2D eigenvalue weighted by Gasteiger charge is -2.24. The molecule has 2 N–H and O–H groups in total. The lowest BCUT2D eigenvalue weighted by atomic mass is 9.97. The number of aliphatic hydroxyl groups is 1. The molecule has 0 radical (unpaired) electrons. The van der Waals surface area contributed by atoms with Crippen LogP contribution in [0, 0.1) is 6.92 Å². The van der Waals surface area contributed by atoms with E-state index in [0.717, 1.165) is 0 Å². The second kappa shape index (κ2) is 5.93. The molecule has 21 heavy (non-hydrogen) atoms. The Kier molecular flexibility index (Phi) is 4.23. The van der Waals surface area contributed by atoms with E-state index in [0.29, 0.717) is 11.3 Å². The van der Waals surface area contributed by atoms with Crippen molar-refractivity contribution in [2.24, 2.45) is 0 Å². The molecular formula is C16H17NO4. The lowest BCUT2D eigenvalue weighted by Crippen LogP contribution is -2.29. The van der Waals surface area contributed by atoms with Crippen molar-refractivity contribution in [1.29, 1.82) is 0 Å². The highest BCUT2D eigenvalue weighted by Crippen LogP contribution is 2.24. The minimum atomic E-state index is -1.22. The highest BCUT2D eigenvalue weighted by Gasteiger charge is 2.25. The van der Waals surface area contributed by atoms with Gasteiger partial charge in [-0.3, -0.25) is 0 Å². The summed E-state index contributed by atoms with van der Waals surface area (Å²) in [4.78, 5) is 15.1. The third-order valence-corrected chi connectivity index (χ3v) is 3.10. The number of carbonyl (C=O) groups is 1. The van der Waals surface area contributed by atoms with Crippen LogP contribution >= 0.6 is 0 Å². The Bertz CT molecular complexity index is 638. The summed E-state index contributed by atoms with van der Waals surface area (Å²) < 4.78 is 5.48. The summed E-state index contributed by atoms with van der Waals surface area (Å²) in [5.41, 5.74) is -0.0857. The van der Waals surface area contributed by atoms with Crippen molar-refractivity contribution in [3.05, 3.63) is 59.4 Å². The molecule has 2 rings (SSSR count). The fourth-order valence-electron chi connectivity index (χ4n) is 1.91. The van der Waals surface area contributed by atoms with Crippen LogP contribution in [0.3, 0.4) is 0 Å². The molecule has 1 aromatic heterocycles. The summed E-state index contributed by atoms with van der Waals surface area (Å²) in [5, 5.41) is 19.6. The van der Waals surface area contributed by atoms with Gasteiger partial charge in [-0.25, -0.2) is 9.78 Å². The van der Waals surface area contributed by atoms with E-state index in [4.69, 9.17) is 9.84 Å². The number of aromatic carboxylic acids is 1. The minimum absolute atomic E-state index is 0.0674. The SMILES string of the molecule is Cc1ccc(OCC(C)(O)c2ccccc2)c(C(=O)O)n1. The van der Waals surface area contributed by atoms with Crippen LogP contribution in [0.25, 0.3) is 0 Å². The molecule has 1 aromatic carbocycles. The zero-order chi connectivity index (χ0) is 15.5.